The molecule has 0 saturated heterocycles. The van der Waals surface area contributed by atoms with Crippen LogP contribution in [0.2, 0.25) is 5.02 Å². The molecule has 1 aromatic carbocycles. The zero-order valence-electron chi connectivity index (χ0n) is 10.1. The first-order chi connectivity index (χ1) is 8.67. The summed E-state index contributed by atoms with van der Waals surface area (Å²) >= 11 is 5.82. The summed E-state index contributed by atoms with van der Waals surface area (Å²) in [6, 6.07) is 7.60. The lowest BCUT2D eigenvalue weighted by molar-refractivity contribution is -0.115. The Morgan fingerprint density at radius 3 is 2.78 bits per heavy atom. The number of rotatable bonds is 4. The van der Waals surface area contributed by atoms with Crippen LogP contribution in [0.25, 0.3) is 0 Å². The van der Waals surface area contributed by atoms with Gasteiger partial charge in [0.1, 0.15) is 0 Å². The van der Waals surface area contributed by atoms with E-state index in [1.807, 2.05) is 37.4 Å². The topological polar surface area (TPSA) is 46.9 Å². The summed E-state index contributed by atoms with van der Waals surface area (Å²) in [6.45, 7) is 2.46. The van der Waals surface area contributed by atoms with Gasteiger partial charge in [0.2, 0.25) is 5.91 Å². The molecule has 0 unspecified atom stereocenters. The highest BCUT2D eigenvalue weighted by molar-refractivity contribution is 6.30. The lowest BCUT2D eigenvalue weighted by Crippen LogP contribution is -2.08. The molecule has 0 spiro atoms. The quantitative estimate of drug-likeness (QED) is 0.922. The van der Waals surface area contributed by atoms with E-state index in [0.29, 0.717) is 13.0 Å². The van der Waals surface area contributed by atoms with Crippen molar-refractivity contribution in [2.45, 2.75) is 19.9 Å². The van der Waals surface area contributed by atoms with Crippen LogP contribution in [0.5, 0.6) is 0 Å². The number of hydrogen-bond acceptors (Lipinski definition) is 2. The monoisotopic (exact) mass is 263 g/mol. The van der Waals surface area contributed by atoms with E-state index in [1.54, 1.807) is 10.9 Å². The number of anilines is 1. The molecule has 0 atom stereocenters. The zero-order chi connectivity index (χ0) is 13.0. The maximum Gasteiger partial charge on any atom is 0.224 e. The summed E-state index contributed by atoms with van der Waals surface area (Å²) < 4.78 is 1.77. The number of nitrogens with zero attached hydrogens (tertiary/aromatic N) is 2. The zero-order valence-corrected chi connectivity index (χ0v) is 10.8. The van der Waals surface area contributed by atoms with E-state index in [9.17, 15) is 4.79 Å². The summed E-state index contributed by atoms with van der Waals surface area (Å²) in [5, 5.41) is 7.67. The van der Waals surface area contributed by atoms with Gasteiger partial charge in [-0.3, -0.25) is 9.48 Å². The minimum absolute atomic E-state index is 0.0129. The van der Waals surface area contributed by atoms with E-state index < -0.39 is 0 Å². The normalized spacial score (nSPS) is 10.3. The van der Waals surface area contributed by atoms with Crippen molar-refractivity contribution in [3.8, 4) is 0 Å². The molecule has 0 aliphatic rings. The minimum Gasteiger partial charge on any atom is -0.323 e. The second-order valence-corrected chi connectivity index (χ2v) is 4.39. The van der Waals surface area contributed by atoms with E-state index >= 15 is 0 Å². The van der Waals surface area contributed by atoms with Gasteiger partial charge in [-0.25, -0.2) is 0 Å². The standard InChI is InChI=1S/C13H14ClN3O/c1-2-13(18)16-12-7-15-17(9-12)8-10-3-5-11(14)6-4-10/h3-7,9H,2,8H2,1H3,(H,16,18). The Balaban J connectivity index is 2.02. The van der Waals surface area contributed by atoms with Gasteiger partial charge < -0.3 is 5.32 Å². The van der Waals surface area contributed by atoms with E-state index in [4.69, 9.17) is 11.6 Å². The first kappa shape index (κ1) is 12.6. The highest BCUT2D eigenvalue weighted by Gasteiger charge is 2.02. The van der Waals surface area contributed by atoms with Crippen molar-refractivity contribution in [2.75, 3.05) is 5.32 Å². The number of carbonyl (C=O) groups is 1. The minimum atomic E-state index is -0.0129. The third-order valence-electron chi connectivity index (χ3n) is 2.50. The first-order valence-electron chi connectivity index (χ1n) is 5.74. The van der Waals surface area contributed by atoms with Crippen LogP contribution in [0.15, 0.2) is 36.7 Å². The molecule has 1 N–H and O–H groups in total. The summed E-state index contributed by atoms with van der Waals surface area (Å²) in [7, 11) is 0. The van der Waals surface area contributed by atoms with Gasteiger partial charge in [-0.2, -0.15) is 5.10 Å². The summed E-state index contributed by atoms with van der Waals surface area (Å²) in [5.74, 6) is -0.0129. The molecule has 2 rings (SSSR count). The maximum atomic E-state index is 11.2. The molecule has 0 bridgehead atoms. The average molecular weight is 264 g/mol. The van der Waals surface area contributed by atoms with E-state index in [0.717, 1.165) is 16.3 Å². The number of hydrogen-bond donors (Lipinski definition) is 1. The number of carbonyl (C=O) groups excluding carboxylic acids is 1. The Morgan fingerprint density at radius 2 is 2.11 bits per heavy atom. The molecule has 0 aliphatic heterocycles. The molecule has 1 amide bonds. The molecule has 94 valence electrons. The molecular weight excluding hydrogens is 250 g/mol. The molecule has 5 heteroatoms. The number of benzene rings is 1. The molecule has 0 radical (unpaired) electrons. The molecule has 4 nitrogen and oxygen atoms in total. The molecule has 1 heterocycles. The van der Waals surface area contributed by atoms with Crippen molar-refractivity contribution in [3.05, 3.63) is 47.2 Å². The molecule has 2 aromatic rings. The smallest absolute Gasteiger partial charge is 0.224 e. The Kier molecular flexibility index (Phi) is 3.99. The molecule has 0 fully saturated rings. The molecule has 0 aliphatic carbocycles. The van der Waals surface area contributed by atoms with Crippen molar-refractivity contribution in [2.24, 2.45) is 0 Å². The third kappa shape index (κ3) is 3.34. The lowest BCUT2D eigenvalue weighted by Gasteiger charge is -2.02. The summed E-state index contributed by atoms with van der Waals surface area (Å²) in [5.41, 5.74) is 1.83. The van der Waals surface area contributed by atoms with Crippen LogP contribution < -0.4 is 5.32 Å². The second-order valence-electron chi connectivity index (χ2n) is 3.95. The highest BCUT2D eigenvalue weighted by atomic mass is 35.5. The van der Waals surface area contributed by atoms with Gasteiger partial charge in [0.15, 0.2) is 0 Å². The average Bonchev–Trinajstić information content (AvgIpc) is 2.79. The summed E-state index contributed by atoms with van der Waals surface area (Å²) in [6.07, 6.45) is 3.91. The van der Waals surface area contributed by atoms with Crippen LogP contribution in [0.3, 0.4) is 0 Å². The van der Waals surface area contributed by atoms with Gasteiger partial charge in [-0.15, -0.1) is 0 Å². The van der Waals surface area contributed by atoms with Crippen molar-refractivity contribution in [3.63, 3.8) is 0 Å². The van der Waals surface area contributed by atoms with E-state index in [1.165, 1.54) is 0 Å². The maximum absolute atomic E-state index is 11.2. The molecule has 18 heavy (non-hydrogen) atoms. The Morgan fingerprint density at radius 1 is 1.39 bits per heavy atom. The van der Waals surface area contributed by atoms with Gasteiger partial charge in [-0.05, 0) is 17.7 Å². The Labute approximate surface area is 111 Å². The number of nitrogens with one attached hydrogen (secondary N) is 1. The second kappa shape index (κ2) is 5.69. The van der Waals surface area contributed by atoms with Crippen LogP contribution in [0, 0.1) is 0 Å². The largest absolute Gasteiger partial charge is 0.323 e. The van der Waals surface area contributed by atoms with Crippen molar-refractivity contribution in [1.82, 2.24) is 9.78 Å². The van der Waals surface area contributed by atoms with Crippen LogP contribution in [-0.4, -0.2) is 15.7 Å². The highest BCUT2D eigenvalue weighted by Crippen LogP contribution is 2.12. The van der Waals surface area contributed by atoms with Crippen LogP contribution in [0.1, 0.15) is 18.9 Å². The van der Waals surface area contributed by atoms with Gasteiger partial charge in [-0.1, -0.05) is 30.7 Å². The molecular formula is C13H14ClN3O. The Bertz CT molecular complexity index is 533. The van der Waals surface area contributed by atoms with E-state index in [-0.39, 0.29) is 5.91 Å². The van der Waals surface area contributed by atoms with Crippen LogP contribution in [-0.2, 0) is 11.3 Å². The van der Waals surface area contributed by atoms with Gasteiger partial charge >= 0.3 is 0 Å². The fourth-order valence-corrected chi connectivity index (χ4v) is 1.67. The van der Waals surface area contributed by atoms with E-state index in [2.05, 4.69) is 10.4 Å². The van der Waals surface area contributed by atoms with Crippen LogP contribution >= 0.6 is 11.6 Å². The van der Waals surface area contributed by atoms with Gasteiger partial charge in [0, 0.05) is 17.6 Å². The van der Waals surface area contributed by atoms with Gasteiger partial charge in [0.25, 0.3) is 0 Å². The van der Waals surface area contributed by atoms with Crippen molar-refractivity contribution < 1.29 is 4.79 Å². The van der Waals surface area contributed by atoms with Crippen molar-refractivity contribution >= 4 is 23.2 Å². The number of amides is 1. The predicted molar refractivity (Wildman–Crippen MR) is 71.7 cm³/mol. The fraction of sp³-hybridized carbons (Fsp3) is 0.231. The lowest BCUT2D eigenvalue weighted by atomic mass is 10.2. The van der Waals surface area contributed by atoms with Gasteiger partial charge in [0.05, 0.1) is 18.4 Å². The molecule has 0 saturated carbocycles. The number of aromatic nitrogens is 2. The fourth-order valence-electron chi connectivity index (χ4n) is 1.54. The van der Waals surface area contributed by atoms with Crippen molar-refractivity contribution in [1.29, 1.82) is 0 Å². The first-order valence-corrected chi connectivity index (χ1v) is 6.12. The molecule has 1 aromatic heterocycles. The summed E-state index contributed by atoms with van der Waals surface area (Å²) in [4.78, 5) is 11.2. The predicted octanol–water partition coefficient (Wildman–Crippen LogP) is 2.93. The third-order valence-corrected chi connectivity index (χ3v) is 2.75. The Hall–Kier alpha value is -1.81. The van der Waals surface area contributed by atoms with Crippen LogP contribution in [0.4, 0.5) is 5.69 Å². The number of halogens is 1. The SMILES string of the molecule is CCC(=O)Nc1cnn(Cc2ccc(Cl)cc2)c1.